The minimum atomic E-state index is -0.685. The lowest BCUT2D eigenvalue weighted by atomic mass is 10.1. The van der Waals surface area contributed by atoms with E-state index < -0.39 is 17.9 Å². The zero-order valence-corrected chi connectivity index (χ0v) is 11.3. The molecule has 0 saturated carbocycles. The number of nitrogens with one attached hydrogen (secondary N) is 2. The highest BCUT2D eigenvalue weighted by atomic mass is 16.2. The van der Waals surface area contributed by atoms with Crippen LogP contribution in [-0.4, -0.2) is 46.7 Å². The molecule has 2 heterocycles. The molecular weight excluding hydrogens is 260 g/mol. The predicted molar refractivity (Wildman–Crippen MR) is 72.0 cm³/mol. The Labute approximate surface area is 116 Å². The van der Waals surface area contributed by atoms with Crippen LogP contribution in [0.15, 0.2) is 18.3 Å². The van der Waals surface area contributed by atoms with E-state index in [2.05, 4.69) is 15.6 Å². The Kier molecular flexibility index (Phi) is 3.97. The maximum absolute atomic E-state index is 12.5. The van der Waals surface area contributed by atoms with E-state index >= 15 is 0 Å². The molecule has 0 aliphatic carbocycles. The van der Waals surface area contributed by atoms with Gasteiger partial charge in [0.25, 0.3) is 5.91 Å². The molecule has 0 aromatic carbocycles. The number of hydrogen-bond acceptors (Lipinski definition) is 5. The smallest absolute Gasteiger partial charge is 0.258 e. The van der Waals surface area contributed by atoms with Crippen LogP contribution in [0.3, 0.4) is 0 Å². The van der Waals surface area contributed by atoms with Gasteiger partial charge in [-0.2, -0.15) is 0 Å². The van der Waals surface area contributed by atoms with Gasteiger partial charge in [0.05, 0.1) is 5.56 Å². The van der Waals surface area contributed by atoms with Crippen molar-refractivity contribution in [3.05, 3.63) is 23.9 Å². The maximum atomic E-state index is 12.5. The second-order valence-electron chi connectivity index (χ2n) is 4.45. The standard InChI is InChI=1S/C13H16N4O3/c1-3-14-11-9(5-4-6-15-11)13(20)17-7-10(18)16-12(19)8(17)2/h4-6,8H,3,7H2,1-2H3,(H,14,15)(H,16,18,19). The van der Waals surface area contributed by atoms with Gasteiger partial charge in [-0.05, 0) is 26.0 Å². The Bertz CT molecular complexity index is 558. The Balaban J connectivity index is 2.30. The zero-order chi connectivity index (χ0) is 14.7. The molecule has 1 unspecified atom stereocenters. The second kappa shape index (κ2) is 5.68. The van der Waals surface area contributed by atoms with Gasteiger partial charge < -0.3 is 10.2 Å². The Hall–Kier alpha value is -2.44. The lowest BCUT2D eigenvalue weighted by molar-refractivity contribution is -0.138. The number of nitrogens with zero attached hydrogens (tertiary/aromatic N) is 2. The molecule has 1 atom stereocenters. The summed E-state index contributed by atoms with van der Waals surface area (Å²) in [6.45, 7) is 3.96. The van der Waals surface area contributed by atoms with E-state index in [0.717, 1.165) is 0 Å². The van der Waals surface area contributed by atoms with Crippen molar-refractivity contribution in [2.45, 2.75) is 19.9 Å². The fourth-order valence-electron chi connectivity index (χ4n) is 2.00. The Morgan fingerprint density at radius 1 is 1.55 bits per heavy atom. The summed E-state index contributed by atoms with van der Waals surface area (Å²) in [6, 6.07) is 2.58. The molecule has 1 aliphatic heterocycles. The number of aromatic nitrogens is 1. The highest BCUT2D eigenvalue weighted by molar-refractivity contribution is 6.08. The van der Waals surface area contributed by atoms with Gasteiger partial charge in [-0.1, -0.05) is 0 Å². The molecule has 106 valence electrons. The molecule has 3 amide bonds. The minimum absolute atomic E-state index is 0.133. The van der Waals surface area contributed by atoms with Crippen molar-refractivity contribution in [2.75, 3.05) is 18.4 Å². The SMILES string of the molecule is CCNc1ncccc1C(=O)N1CC(=O)NC(=O)C1C. The average molecular weight is 276 g/mol. The van der Waals surface area contributed by atoms with E-state index in [9.17, 15) is 14.4 Å². The van der Waals surface area contributed by atoms with Crippen molar-refractivity contribution in [3.8, 4) is 0 Å². The van der Waals surface area contributed by atoms with E-state index in [0.29, 0.717) is 17.9 Å². The van der Waals surface area contributed by atoms with Gasteiger partial charge >= 0.3 is 0 Å². The molecule has 1 aliphatic rings. The molecule has 0 radical (unpaired) electrons. The van der Waals surface area contributed by atoms with Crippen molar-refractivity contribution in [1.29, 1.82) is 0 Å². The summed E-state index contributed by atoms with van der Waals surface area (Å²) in [5.74, 6) is -0.880. The van der Waals surface area contributed by atoms with Crippen LogP contribution in [0.2, 0.25) is 0 Å². The number of pyridine rings is 1. The monoisotopic (exact) mass is 276 g/mol. The number of carbonyl (C=O) groups is 3. The largest absolute Gasteiger partial charge is 0.370 e. The van der Waals surface area contributed by atoms with Crippen LogP contribution in [0.25, 0.3) is 0 Å². The molecule has 7 heteroatoms. The number of amides is 3. The van der Waals surface area contributed by atoms with Crippen LogP contribution in [-0.2, 0) is 9.59 Å². The number of carbonyl (C=O) groups excluding carboxylic acids is 3. The van der Waals surface area contributed by atoms with Crippen molar-refractivity contribution in [3.63, 3.8) is 0 Å². The Morgan fingerprint density at radius 3 is 3.00 bits per heavy atom. The molecule has 20 heavy (non-hydrogen) atoms. The third-order valence-electron chi connectivity index (χ3n) is 3.07. The van der Waals surface area contributed by atoms with Gasteiger partial charge in [0.1, 0.15) is 18.4 Å². The molecular formula is C13H16N4O3. The van der Waals surface area contributed by atoms with Crippen LogP contribution < -0.4 is 10.6 Å². The van der Waals surface area contributed by atoms with E-state index in [1.807, 2.05) is 6.92 Å². The van der Waals surface area contributed by atoms with Crippen molar-refractivity contribution in [2.24, 2.45) is 0 Å². The highest BCUT2D eigenvalue weighted by Crippen LogP contribution is 2.17. The second-order valence-corrected chi connectivity index (χ2v) is 4.45. The number of anilines is 1. The van der Waals surface area contributed by atoms with Crippen LogP contribution in [0.4, 0.5) is 5.82 Å². The minimum Gasteiger partial charge on any atom is -0.370 e. The molecule has 1 fully saturated rings. The molecule has 7 nitrogen and oxygen atoms in total. The Morgan fingerprint density at radius 2 is 2.30 bits per heavy atom. The summed E-state index contributed by atoms with van der Waals surface area (Å²) in [5, 5.41) is 5.19. The lowest BCUT2D eigenvalue weighted by Crippen LogP contribution is -2.58. The summed E-state index contributed by atoms with van der Waals surface area (Å²) >= 11 is 0. The van der Waals surface area contributed by atoms with Gasteiger partial charge in [-0.25, -0.2) is 4.98 Å². The van der Waals surface area contributed by atoms with Gasteiger partial charge in [0, 0.05) is 12.7 Å². The fourth-order valence-corrected chi connectivity index (χ4v) is 2.00. The van der Waals surface area contributed by atoms with Crippen molar-refractivity contribution < 1.29 is 14.4 Å². The topological polar surface area (TPSA) is 91.4 Å². The summed E-state index contributed by atoms with van der Waals surface area (Å²) < 4.78 is 0. The van der Waals surface area contributed by atoms with E-state index in [1.165, 1.54) is 4.90 Å². The predicted octanol–water partition coefficient (Wildman–Crippen LogP) is 0.000500. The van der Waals surface area contributed by atoms with Gasteiger partial charge in [-0.3, -0.25) is 19.7 Å². The molecule has 1 aromatic rings. The van der Waals surface area contributed by atoms with Crippen LogP contribution in [0.1, 0.15) is 24.2 Å². The van der Waals surface area contributed by atoms with E-state index in [4.69, 9.17) is 0 Å². The molecule has 1 aromatic heterocycles. The van der Waals surface area contributed by atoms with Gasteiger partial charge in [0.15, 0.2) is 0 Å². The molecule has 2 N–H and O–H groups in total. The lowest BCUT2D eigenvalue weighted by Gasteiger charge is -2.32. The first-order chi connectivity index (χ1) is 9.54. The number of rotatable bonds is 3. The van der Waals surface area contributed by atoms with E-state index in [1.54, 1.807) is 25.3 Å². The summed E-state index contributed by atoms with van der Waals surface area (Å²) in [6.07, 6.45) is 1.58. The summed E-state index contributed by atoms with van der Waals surface area (Å²) in [7, 11) is 0. The summed E-state index contributed by atoms with van der Waals surface area (Å²) in [5.41, 5.74) is 0.351. The zero-order valence-electron chi connectivity index (χ0n) is 11.3. The van der Waals surface area contributed by atoms with Crippen LogP contribution >= 0.6 is 0 Å². The fraction of sp³-hybridized carbons (Fsp3) is 0.385. The number of hydrogen-bond donors (Lipinski definition) is 2. The van der Waals surface area contributed by atoms with Crippen molar-refractivity contribution >= 4 is 23.5 Å². The quantitative estimate of drug-likeness (QED) is 0.758. The average Bonchev–Trinajstić information content (AvgIpc) is 2.43. The highest BCUT2D eigenvalue weighted by Gasteiger charge is 2.34. The first kappa shape index (κ1) is 14.0. The summed E-state index contributed by atoms with van der Waals surface area (Å²) in [4.78, 5) is 40.9. The first-order valence-electron chi connectivity index (χ1n) is 6.38. The molecule has 1 saturated heterocycles. The molecule has 0 spiro atoms. The third-order valence-corrected chi connectivity index (χ3v) is 3.07. The number of imide groups is 1. The van der Waals surface area contributed by atoms with Crippen LogP contribution in [0, 0.1) is 0 Å². The molecule has 2 rings (SSSR count). The van der Waals surface area contributed by atoms with Crippen molar-refractivity contribution in [1.82, 2.24) is 15.2 Å². The first-order valence-corrected chi connectivity index (χ1v) is 6.38. The molecule has 0 bridgehead atoms. The van der Waals surface area contributed by atoms with Crippen LogP contribution in [0.5, 0.6) is 0 Å². The normalized spacial score (nSPS) is 18.7. The van der Waals surface area contributed by atoms with Gasteiger partial charge in [0.2, 0.25) is 11.8 Å². The van der Waals surface area contributed by atoms with Gasteiger partial charge in [-0.15, -0.1) is 0 Å². The third kappa shape index (κ3) is 2.61. The maximum Gasteiger partial charge on any atom is 0.258 e. The number of piperazine rings is 1. The van der Waals surface area contributed by atoms with E-state index in [-0.39, 0.29) is 12.5 Å².